The summed E-state index contributed by atoms with van der Waals surface area (Å²) in [5.41, 5.74) is 7.17. The number of rotatable bonds is 6. The van der Waals surface area contributed by atoms with Crippen LogP contribution in [0.2, 0.25) is 0 Å². The Labute approximate surface area is 130 Å². The maximum absolute atomic E-state index is 12.0. The summed E-state index contributed by atoms with van der Waals surface area (Å²) in [4.78, 5) is 12.0. The largest absolute Gasteiger partial charge is 0.496 e. The second-order valence-corrected chi connectivity index (χ2v) is 7.27. The Bertz CT molecular complexity index is 466. The molecule has 0 heterocycles. The summed E-state index contributed by atoms with van der Waals surface area (Å²) in [5, 5.41) is 0. The minimum absolute atomic E-state index is 0.0656. The molecule has 20 heavy (non-hydrogen) atoms. The van der Waals surface area contributed by atoms with E-state index in [-0.39, 0.29) is 17.2 Å². The first-order chi connectivity index (χ1) is 9.21. The molecule has 0 aliphatic heterocycles. The van der Waals surface area contributed by atoms with Crippen LogP contribution < -0.4 is 10.5 Å². The van der Waals surface area contributed by atoms with Gasteiger partial charge in [-0.15, -0.1) is 0 Å². The van der Waals surface area contributed by atoms with Gasteiger partial charge in [-0.25, -0.2) is 0 Å². The van der Waals surface area contributed by atoms with Gasteiger partial charge in [0.15, 0.2) is 0 Å². The molecule has 0 fully saturated rings. The van der Waals surface area contributed by atoms with E-state index in [1.807, 2.05) is 18.2 Å². The van der Waals surface area contributed by atoms with Gasteiger partial charge in [0, 0.05) is 18.9 Å². The average molecular weight is 342 g/mol. The van der Waals surface area contributed by atoms with Crippen LogP contribution in [-0.4, -0.2) is 18.9 Å². The van der Waals surface area contributed by atoms with E-state index in [1.165, 1.54) is 0 Å². The molecule has 4 heteroatoms. The molecule has 0 saturated heterocycles. The first-order valence-electron chi connectivity index (χ1n) is 6.81. The van der Waals surface area contributed by atoms with E-state index in [4.69, 9.17) is 10.5 Å². The molecule has 0 amide bonds. The second-order valence-electron chi connectivity index (χ2n) is 6.41. The van der Waals surface area contributed by atoms with Crippen LogP contribution in [0, 0.1) is 5.41 Å². The molecular weight excluding hydrogens is 318 g/mol. The highest BCUT2D eigenvalue weighted by atomic mass is 79.9. The summed E-state index contributed by atoms with van der Waals surface area (Å²) < 4.78 is 6.04. The summed E-state index contributed by atoms with van der Waals surface area (Å²) in [5.74, 6) is 0.949. The molecule has 0 aliphatic carbocycles. The molecule has 1 rings (SSSR count). The summed E-state index contributed by atoms with van der Waals surface area (Å²) in [6.45, 7) is 6.41. The standard InChI is InChI=1S/C16H24BrNO2/c1-16(2,3)10-12(18)9-13(19)7-11-5-6-15(20-4)14(17)8-11/h5-6,8,12H,7,9-10,18H2,1-4H3. The predicted molar refractivity (Wildman–Crippen MR) is 86.1 cm³/mol. The smallest absolute Gasteiger partial charge is 0.138 e. The average Bonchev–Trinajstić information content (AvgIpc) is 2.25. The minimum Gasteiger partial charge on any atom is -0.496 e. The van der Waals surface area contributed by atoms with Crippen LogP contribution in [0.5, 0.6) is 5.75 Å². The SMILES string of the molecule is COc1ccc(CC(=O)CC(N)CC(C)(C)C)cc1Br. The van der Waals surface area contributed by atoms with E-state index >= 15 is 0 Å². The number of ketones is 1. The molecule has 0 aromatic heterocycles. The van der Waals surface area contributed by atoms with Crippen LogP contribution in [0.25, 0.3) is 0 Å². The number of halogens is 1. The van der Waals surface area contributed by atoms with Crippen molar-refractivity contribution >= 4 is 21.7 Å². The van der Waals surface area contributed by atoms with Crippen LogP contribution in [0.15, 0.2) is 22.7 Å². The fourth-order valence-electron chi connectivity index (χ4n) is 2.27. The normalized spacial score (nSPS) is 13.1. The van der Waals surface area contributed by atoms with Crippen molar-refractivity contribution in [3.8, 4) is 5.75 Å². The van der Waals surface area contributed by atoms with Crippen molar-refractivity contribution in [2.75, 3.05) is 7.11 Å². The molecule has 0 aliphatic rings. The van der Waals surface area contributed by atoms with E-state index < -0.39 is 0 Å². The minimum atomic E-state index is -0.0656. The number of ether oxygens (including phenoxy) is 1. The molecule has 2 N–H and O–H groups in total. The van der Waals surface area contributed by atoms with Gasteiger partial charge in [-0.2, -0.15) is 0 Å². The second kappa shape index (κ2) is 7.23. The first-order valence-corrected chi connectivity index (χ1v) is 7.60. The van der Waals surface area contributed by atoms with Crippen molar-refractivity contribution in [3.63, 3.8) is 0 Å². The predicted octanol–water partition coefficient (Wildman–Crippen LogP) is 3.72. The van der Waals surface area contributed by atoms with Crippen LogP contribution in [-0.2, 0) is 11.2 Å². The number of methoxy groups -OCH3 is 1. The van der Waals surface area contributed by atoms with Gasteiger partial charge in [0.05, 0.1) is 11.6 Å². The van der Waals surface area contributed by atoms with Crippen molar-refractivity contribution < 1.29 is 9.53 Å². The fourth-order valence-corrected chi connectivity index (χ4v) is 2.86. The third kappa shape index (κ3) is 6.06. The Morgan fingerprint density at radius 3 is 2.55 bits per heavy atom. The first kappa shape index (κ1) is 17.2. The Hall–Kier alpha value is -0.870. The number of carbonyl (C=O) groups excluding carboxylic acids is 1. The van der Waals surface area contributed by atoms with E-state index in [0.717, 1.165) is 22.2 Å². The maximum atomic E-state index is 12.0. The van der Waals surface area contributed by atoms with Crippen LogP contribution in [0.3, 0.4) is 0 Å². The van der Waals surface area contributed by atoms with E-state index in [9.17, 15) is 4.79 Å². The Balaban J connectivity index is 2.56. The Kier molecular flexibility index (Phi) is 6.21. The summed E-state index contributed by atoms with van der Waals surface area (Å²) >= 11 is 3.43. The number of carbonyl (C=O) groups is 1. The number of hydrogen-bond donors (Lipinski definition) is 1. The summed E-state index contributed by atoms with van der Waals surface area (Å²) in [6.07, 6.45) is 1.70. The number of hydrogen-bond acceptors (Lipinski definition) is 3. The quantitative estimate of drug-likeness (QED) is 0.857. The molecule has 1 aromatic carbocycles. The zero-order valence-electron chi connectivity index (χ0n) is 12.7. The van der Waals surface area contributed by atoms with Crippen molar-refractivity contribution in [2.24, 2.45) is 11.1 Å². The molecule has 0 spiro atoms. The Morgan fingerprint density at radius 2 is 2.05 bits per heavy atom. The lowest BCUT2D eigenvalue weighted by Gasteiger charge is -2.22. The van der Waals surface area contributed by atoms with Crippen molar-refractivity contribution in [1.29, 1.82) is 0 Å². The van der Waals surface area contributed by atoms with Gasteiger partial charge in [-0.05, 0) is 45.5 Å². The van der Waals surface area contributed by atoms with E-state index in [0.29, 0.717) is 12.8 Å². The summed E-state index contributed by atoms with van der Waals surface area (Å²) in [7, 11) is 1.62. The number of Topliss-reactive ketones (excluding diaryl/α,β-unsaturated/α-hetero) is 1. The van der Waals surface area contributed by atoms with E-state index in [1.54, 1.807) is 7.11 Å². The van der Waals surface area contributed by atoms with E-state index in [2.05, 4.69) is 36.7 Å². The van der Waals surface area contributed by atoms with Gasteiger partial charge in [-0.3, -0.25) is 4.79 Å². The van der Waals surface area contributed by atoms with Crippen molar-refractivity contribution in [1.82, 2.24) is 0 Å². The highest BCUT2D eigenvalue weighted by Crippen LogP contribution is 2.26. The van der Waals surface area contributed by atoms with Gasteiger partial charge in [-0.1, -0.05) is 26.8 Å². The lowest BCUT2D eigenvalue weighted by Crippen LogP contribution is -2.29. The van der Waals surface area contributed by atoms with Gasteiger partial charge < -0.3 is 10.5 Å². The summed E-state index contributed by atoms with van der Waals surface area (Å²) in [6, 6.07) is 5.63. The van der Waals surface area contributed by atoms with Gasteiger partial charge in [0.25, 0.3) is 0 Å². The fraction of sp³-hybridized carbons (Fsp3) is 0.562. The van der Waals surface area contributed by atoms with Crippen LogP contribution >= 0.6 is 15.9 Å². The molecular formula is C16H24BrNO2. The van der Waals surface area contributed by atoms with Gasteiger partial charge in [0.1, 0.15) is 11.5 Å². The van der Waals surface area contributed by atoms with Crippen LogP contribution in [0.4, 0.5) is 0 Å². The molecule has 3 nitrogen and oxygen atoms in total. The zero-order chi connectivity index (χ0) is 15.3. The molecule has 0 bridgehead atoms. The van der Waals surface area contributed by atoms with Crippen molar-refractivity contribution in [2.45, 2.75) is 46.1 Å². The molecule has 112 valence electrons. The van der Waals surface area contributed by atoms with Gasteiger partial charge >= 0.3 is 0 Å². The third-order valence-electron chi connectivity index (χ3n) is 2.98. The maximum Gasteiger partial charge on any atom is 0.138 e. The third-order valence-corrected chi connectivity index (χ3v) is 3.60. The van der Waals surface area contributed by atoms with Gasteiger partial charge in [0.2, 0.25) is 0 Å². The highest BCUT2D eigenvalue weighted by molar-refractivity contribution is 9.10. The topological polar surface area (TPSA) is 52.3 Å². The monoisotopic (exact) mass is 341 g/mol. The lowest BCUT2D eigenvalue weighted by molar-refractivity contribution is -0.118. The van der Waals surface area contributed by atoms with Crippen molar-refractivity contribution in [3.05, 3.63) is 28.2 Å². The zero-order valence-corrected chi connectivity index (χ0v) is 14.3. The number of nitrogens with two attached hydrogens (primary N) is 1. The molecule has 0 radical (unpaired) electrons. The Morgan fingerprint density at radius 1 is 1.40 bits per heavy atom. The molecule has 1 atom stereocenters. The molecule has 1 aromatic rings. The molecule has 1 unspecified atom stereocenters. The lowest BCUT2D eigenvalue weighted by atomic mass is 9.86. The van der Waals surface area contributed by atoms with Crippen LogP contribution in [0.1, 0.15) is 39.2 Å². The number of benzene rings is 1. The molecule has 0 saturated carbocycles. The highest BCUT2D eigenvalue weighted by Gasteiger charge is 2.18.